The van der Waals surface area contributed by atoms with Crippen LogP contribution in [0, 0.1) is 0 Å². The Balaban J connectivity index is 2.00. The summed E-state index contributed by atoms with van der Waals surface area (Å²) in [6.07, 6.45) is 1.93. The number of carbonyl (C=O) groups is 1. The maximum absolute atomic E-state index is 11.0. The Morgan fingerprint density at radius 2 is 2.06 bits per heavy atom. The molecule has 3 rings (SSSR count). The quantitative estimate of drug-likeness (QED) is 0.703. The lowest BCUT2D eigenvalue weighted by Crippen LogP contribution is -2.52. The molecule has 18 heavy (non-hydrogen) atoms. The zero-order valence-electron chi connectivity index (χ0n) is 10.3. The highest BCUT2D eigenvalue weighted by atomic mass is 16.4. The fraction of sp³-hybridized carbons (Fsp3) is 0.500. The van der Waals surface area contributed by atoms with Crippen LogP contribution in [0.1, 0.15) is 24.0 Å². The van der Waals surface area contributed by atoms with Gasteiger partial charge in [-0.2, -0.15) is 0 Å². The number of hydrogen-bond donors (Lipinski definition) is 3. The Bertz CT molecular complexity index is 467. The molecule has 96 valence electrons. The third-order valence-electron chi connectivity index (χ3n) is 4.44. The highest BCUT2D eigenvalue weighted by Gasteiger charge is 2.47. The van der Waals surface area contributed by atoms with E-state index in [9.17, 15) is 4.79 Å². The fourth-order valence-corrected chi connectivity index (χ4v) is 3.62. The predicted octanol–water partition coefficient (Wildman–Crippen LogP) is 1.50. The second kappa shape index (κ2) is 4.28. The van der Waals surface area contributed by atoms with Crippen LogP contribution in [0.3, 0.4) is 0 Å². The van der Waals surface area contributed by atoms with Gasteiger partial charge >= 0.3 is 6.09 Å². The van der Waals surface area contributed by atoms with Crippen molar-refractivity contribution in [2.24, 2.45) is 0 Å². The van der Waals surface area contributed by atoms with E-state index in [1.165, 1.54) is 11.1 Å². The number of hydrogen-bond acceptors (Lipinski definition) is 2. The molecule has 1 spiro atoms. The minimum absolute atomic E-state index is 0.000231. The molecule has 1 aliphatic carbocycles. The summed E-state index contributed by atoms with van der Waals surface area (Å²) in [5.41, 5.74) is 2.66. The van der Waals surface area contributed by atoms with Gasteiger partial charge in [0.25, 0.3) is 0 Å². The molecule has 4 nitrogen and oxygen atoms in total. The highest BCUT2D eigenvalue weighted by Crippen LogP contribution is 2.45. The number of benzene rings is 1. The molecule has 1 heterocycles. The number of piperidine rings is 1. The summed E-state index contributed by atoms with van der Waals surface area (Å²) in [5, 5.41) is 15.1. The molecule has 3 N–H and O–H groups in total. The van der Waals surface area contributed by atoms with E-state index in [4.69, 9.17) is 5.11 Å². The summed E-state index contributed by atoms with van der Waals surface area (Å²) in [6.45, 7) is 1.93. The summed E-state index contributed by atoms with van der Waals surface area (Å²) in [6, 6.07) is 8.42. The zero-order valence-corrected chi connectivity index (χ0v) is 10.3. The lowest BCUT2D eigenvalue weighted by atomic mass is 9.71. The second-order valence-corrected chi connectivity index (χ2v) is 5.27. The molecule has 2 aliphatic rings. The van der Waals surface area contributed by atoms with Crippen molar-refractivity contribution in [1.82, 2.24) is 10.6 Å². The molecule has 1 unspecified atom stereocenters. The van der Waals surface area contributed by atoms with Gasteiger partial charge in [-0.3, -0.25) is 0 Å². The van der Waals surface area contributed by atoms with Gasteiger partial charge in [-0.15, -0.1) is 0 Å². The SMILES string of the molecule is O=C(O)NC1Cc2ccccc2C12CCNCC2. The standard InChI is InChI=1S/C14H18N2O2/c17-13(18)16-12-9-10-3-1-2-4-11(10)14(12)5-7-15-8-6-14/h1-4,12,15-16H,5-9H2,(H,17,18). The molecule has 1 aliphatic heterocycles. The van der Waals surface area contributed by atoms with Crippen LogP contribution in [0.15, 0.2) is 24.3 Å². The van der Waals surface area contributed by atoms with Crippen LogP contribution < -0.4 is 10.6 Å². The van der Waals surface area contributed by atoms with E-state index in [0.717, 1.165) is 32.4 Å². The van der Waals surface area contributed by atoms with E-state index < -0.39 is 6.09 Å². The van der Waals surface area contributed by atoms with Gasteiger partial charge in [-0.25, -0.2) is 4.79 Å². The monoisotopic (exact) mass is 246 g/mol. The van der Waals surface area contributed by atoms with Crippen LogP contribution >= 0.6 is 0 Å². The van der Waals surface area contributed by atoms with Crippen molar-refractivity contribution in [2.45, 2.75) is 30.7 Å². The Hall–Kier alpha value is -1.55. The summed E-state index contributed by atoms with van der Waals surface area (Å²) in [7, 11) is 0. The first kappa shape index (κ1) is 11.5. The molecule has 0 saturated carbocycles. The van der Waals surface area contributed by atoms with Gasteiger partial charge < -0.3 is 15.7 Å². The first-order chi connectivity index (χ1) is 8.72. The van der Waals surface area contributed by atoms with Gasteiger partial charge in [0.1, 0.15) is 0 Å². The van der Waals surface area contributed by atoms with Gasteiger partial charge in [-0.1, -0.05) is 24.3 Å². The zero-order chi connectivity index (χ0) is 12.6. The fourth-order valence-electron chi connectivity index (χ4n) is 3.62. The van der Waals surface area contributed by atoms with Crippen molar-refractivity contribution in [2.75, 3.05) is 13.1 Å². The van der Waals surface area contributed by atoms with Gasteiger partial charge in [0.2, 0.25) is 0 Å². The molecule has 1 aromatic rings. The maximum atomic E-state index is 11.0. The van der Waals surface area contributed by atoms with E-state index in [0.29, 0.717) is 0 Å². The average molecular weight is 246 g/mol. The van der Waals surface area contributed by atoms with Crippen molar-refractivity contribution in [3.05, 3.63) is 35.4 Å². The van der Waals surface area contributed by atoms with Gasteiger partial charge in [0.15, 0.2) is 0 Å². The van der Waals surface area contributed by atoms with E-state index >= 15 is 0 Å². The minimum atomic E-state index is -0.911. The topological polar surface area (TPSA) is 61.4 Å². The molecule has 4 heteroatoms. The van der Waals surface area contributed by atoms with Crippen LogP contribution in [0.5, 0.6) is 0 Å². The van der Waals surface area contributed by atoms with Crippen molar-refractivity contribution in [1.29, 1.82) is 0 Å². The smallest absolute Gasteiger partial charge is 0.404 e. The number of carboxylic acid groups (broad SMARTS) is 1. The largest absolute Gasteiger partial charge is 0.465 e. The van der Waals surface area contributed by atoms with Crippen LogP contribution in [-0.2, 0) is 11.8 Å². The summed E-state index contributed by atoms with van der Waals surface area (Å²) >= 11 is 0. The second-order valence-electron chi connectivity index (χ2n) is 5.27. The summed E-state index contributed by atoms with van der Waals surface area (Å²) in [5.74, 6) is 0. The lowest BCUT2D eigenvalue weighted by molar-refractivity contribution is 0.174. The molecule has 1 atom stereocenters. The molecule has 0 radical (unpaired) electrons. The molecule has 1 saturated heterocycles. The van der Waals surface area contributed by atoms with Crippen molar-refractivity contribution >= 4 is 6.09 Å². The Morgan fingerprint density at radius 3 is 2.78 bits per heavy atom. The molecular formula is C14H18N2O2. The van der Waals surface area contributed by atoms with Gasteiger partial charge in [0.05, 0.1) is 0 Å². The summed E-state index contributed by atoms with van der Waals surface area (Å²) in [4.78, 5) is 11.0. The van der Waals surface area contributed by atoms with Crippen LogP contribution in [-0.4, -0.2) is 30.3 Å². The number of fused-ring (bicyclic) bond motifs is 2. The molecule has 1 aromatic carbocycles. The van der Waals surface area contributed by atoms with Crippen molar-refractivity contribution in [3.63, 3.8) is 0 Å². The Kier molecular flexibility index (Phi) is 2.74. The first-order valence-electron chi connectivity index (χ1n) is 6.51. The highest BCUT2D eigenvalue weighted by molar-refractivity contribution is 5.66. The van der Waals surface area contributed by atoms with Gasteiger partial charge in [0, 0.05) is 11.5 Å². The van der Waals surface area contributed by atoms with E-state index in [1.807, 2.05) is 6.07 Å². The van der Waals surface area contributed by atoms with Crippen molar-refractivity contribution < 1.29 is 9.90 Å². The predicted molar refractivity (Wildman–Crippen MR) is 68.9 cm³/mol. The number of rotatable bonds is 1. The number of nitrogens with one attached hydrogen (secondary N) is 2. The summed E-state index contributed by atoms with van der Waals surface area (Å²) < 4.78 is 0. The molecule has 0 bridgehead atoms. The van der Waals surface area contributed by atoms with Crippen LogP contribution in [0.4, 0.5) is 4.79 Å². The Morgan fingerprint density at radius 1 is 1.33 bits per heavy atom. The first-order valence-corrected chi connectivity index (χ1v) is 6.51. The maximum Gasteiger partial charge on any atom is 0.404 e. The molecular weight excluding hydrogens is 228 g/mol. The average Bonchev–Trinajstić information content (AvgIpc) is 2.65. The van der Waals surface area contributed by atoms with E-state index in [-0.39, 0.29) is 11.5 Å². The minimum Gasteiger partial charge on any atom is -0.465 e. The Labute approximate surface area is 106 Å². The lowest BCUT2D eigenvalue weighted by Gasteiger charge is -2.40. The van der Waals surface area contributed by atoms with E-state index in [2.05, 4.69) is 28.8 Å². The number of amides is 1. The van der Waals surface area contributed by atoms with Gasteiger partial charge in [-0.05, 0) is 43.5 Å². The normalized spacial score (nSPS) is 24.8. The van der Waals surface area contributed by atoms with Crippen molar-refractivity contribution in [3.8, 4) is 0 Å². The van der Waals surface area contributed by atoms with E-state index in [1.54, 1.807) is 0 Å². The third kappa shape index (κ3) is 1.68. The van der Waals surface area contributed by atoms with Crippen LogP contribution in [0.25, 0.3) is 0 Å². The molecule has 1 amide bonds. The third-order valence-corrected chi connectivity index (χ3v) is 4.44. The molecule has 0 aromatic heterocycles. The van der Waals surface area contributed by atoms with Crippen LogP contribution in [0.2, 0.25) is 0 Å². The molecule has 1 fully saturated rings.